The maximum absolute atomic E-state index is 8.93. The van der Waals surface area contributed by atoms with Crippen molar-refractivity contribution >= 4 is 23.1 Å². The van der Waals surface area contributed by atoms with Gasteiger partial charge < -0.3 is 5.41 Å². The van der Waals surface area contributed by atoms with E-state index in [1.54, 1.807) is 12.1 Å². The molecule has 0 radical (unpaired) electrons. The SMILES string of the molecule is Cc1ccc(C=C(C#N)C(=N)C(C#N)C#N)s1. The third-order valence-corrected chi connectivity index (χ3v) is 2.95. The molecular weight excluding hydrogens is 232 g/mol. The topological polar surface area (TPSA) is 95.2 Å². The van der Waals surface area contributed by atoms with Crippen LogP contribution < -0.4 is 0 Å². The number of nitrogens with one attached hydrogen (secondary N) is 1. The van der Waals surface area contributed by atoms with Gasteiger partial charge in [-0.2, -0.15) is 15.8 Å². The van der Waals surface area contributed by atoms with Crippen molar-refractivity contribution in [1.82, 2.24) is 0 Å². The van der Waals surface area contributed by atoms with E-state index in [0.29, 0.717) is 0 Å². The molecule has 5 heteroatoms. The molecule has 1 rings (SSSR count). The number of thiophene rings is 1. The van der Waals surface area contributed by atoms with E-state index in [4.69, 9.17) is 21.2 Å². The summed E-state index contributed by atoms with van der Waals surface area (Å²) in [5.74, 6) is -1.19. The molecule has 0 unspecified atom stereocenters. The quantitative estimate of drug-likeness (QED) is 0.649. The molecule has 0 atom stereocenters. The van der Waals surface area contributed by atoms with Crippen molar-refractivity contribution in [2.75, 3.05) is 0 Å². The number of hydrogen-bond acceptors (Lipinski definition) is 5. The van der Waals surface area contributed by atoms with Crippen LogP contribution in [0.5, 0.6) is 0 Å². The van der Waals surface area contributed by atoms with Gasteiger partial charge in [-0.3, -0.25) is 0 Å². The number of aryl methyl sites for hydroxylation is 1. The van der Waals surface area contributed by atoms with Crippen molar-refractivity contribution < 1.29 is 0 Å². The van der Waals surface area contributed by atoms with Crippen molar-refractivity contribution in [3.05, 3.63) is 27.5 Å². The fourth-order valence-electron chi connectivity index (χ4n) is 1.16. The molecule has 1 aromatic heterocycles. The van der Waals surface area contributed by atoms with Gasteiger partial charge in [0.2, 0.25) is 0 Å². The highest BCUT2D eigenvalue weighted by Crippen LogP contribution is 2.19. The molecule has 17 heavy (non-hydrogen) atoms. The summed E-state index contributed by atoms with van der Waals surface area (Å²) in [7, 11) is 0. The fourth-order valence-corrected chi connectivity index (χ4v) is 1.98. The minimum atomic E-state index is -1.19. The van der Waals surface area contributed by atoms with E-state index in [1.165, 1.54) is 17.4 Å². The number of rotatable bonds is 3. The van der Waals surface area contributed by atoms with Crippen LogP contribution in [0.3, 0.4) is 0 Å². The molecule has 0 bridgehead atoms. The predicted molar refractivity (Wildman–Crippen MR) is 65.1 cm³/mol. The summed E-state index contributed by atoms with van der Waals surface area (Å²) in [4.78, 5) is 1.93. The normalized spacial score (nSPS) is 10.4. The van der Waals surface area contributed by atoms with E-state index < -0.39 is 5.92 Å². The average molecular weight is 240 g/mol. The van der Waals surface area contributed by atoms with Crippen molar-refractivity contribution in [1.29, 1.82) is 21.2 Å². The Morgan fingerprint density at radius 2 is 2.00 bits per heavy atom. The van der Waals surface area contributed by atoms with E-state index in [9.17, 15) is 0 Å². The summed E-state index contributed by atoms with van der Waals surface area (Å²) in [6.07, 6.45) is 1.53. The van der Waals surface area contributed by atoms with Gasteiger partial charge in [0.15, 0.2) is 5.92 Å². The van der Waals surface area contributed by atoms with Crippen LogP contribution >= 0.6 is 11.3 Å². The van der Waals surface area contributed by atoms with Crippen molar-refractivity contribution in [3.8, 4) is 18.2 Å². The van der Waals surface area contributed by atoms with Crippen LogP contribution in [0.25, 0.3) is 6.08 Å². The minimum Gasteiger partial charge on any atom is -0.301 e. The van der Waals surface area contributed by atoms with Gasteiger partial charge in [0.05, 0.1) is 23.4 Å². The molecule has 0 fully saturated rings. The van der Waals surface area contributed by atoms with Crippen LogP contribution in [0.1, 0.15) is 9.75 Å². The van der Waals surface area contributed by atoms with Crippen LogP contribution in [0.4, 0.5) is 0 Å². The zero-order chi connectivity index (χ0) is 12.8. The molecule has 0 aromatic carbocycles. The molecule has 0 saturated carbocycles. The number of nitrogens with zero attached hydrogens (tertiary/aromatic N) is 3. The van der Waals surface area contributed by atoms with Crippen LogP contribution in [-0.2, 0) is 0 Å². The van der Waals surface area contributed by atoms with Gasteiger partial charge >= 0.3 is 0 Å². The van der Waals surface area contributed by atoms with Crippen LogP contribution in [0.15, 0.2) is 17.7 Å². The third kappa shape index (κ3) is 3.01. The lowest BCUT2D eigenvalue weighted by Crippen LogP contribution is -2.11. The largest absolute Gasteiger partial charge is 0.301 e. The lowest BCUT2D eigenvalue weighted by molar-refractivity contribution is 1.13. The average Bonchev–Trinajstić information content (AvgIpc) is 2.73. The number of hydrogen-bond donors (Lipinski definition) is 1. The molecule has 82 valence electrons. The number of allylic oxidation sites excluding steroid dienone is 1. The van der Waals surface area contributed by atoms with Crippen molar-refractivity contribution in [3.63, 3.8) is 0 Å². The zero-order valence-electron chi connectivity index (χ0n) is 9.06. The monoisotopic (exact) mass is 240 g/mol. The standard InChI is InChI=1S/C12H8N4S/c1-8-2-3-11(17-8)4-9(5-13)12(16)10(6-14)7-15/h2-4,10,16H,1H3. The molecule has 0 aliphatic rings. The van der Waals surface area contributed by atoms with E-state index in [-0.39, 0.29) is 11.3 Å². The smallest absolute Gasteiger partial charge is 0.175 e. The predicted octanol–water partition coefficient (Wildman–Crippen LogP) is 2.65. The lowest BCUT2D eigenvalue weighted by Gasteiger charge is -2.00. The van der Waals surface area contributed by atoms with E-state index in [1.807, 2.05) is 25.1 Å². The minimum absolute atomic E-state index is 0.0555. The molecule has 0 amide bonds. The Labute approximate surface area is 103 Å². The van der Waals surface area contributed by atoms with Gasteiger partial charge in [-0.15, -0.1) is 11.3 Å². The van der Waals surface area contributed by atoms with Gasteiger partial charge in [0.25, 0.3) is 0 Å². The molecule has 0 spiro atoms. The Morgan fingerprint density at radius 3 is 2.41 bits per heavy atom. The Hall–Kier alpha value is -2.42. The second-order valence-electron chi connectivity index (χ2n) is 3.22. The van der Waals surface area contributed by atoms with Crippen molar-refractivity contribution in [2.24, 2.45) is 5.92 Å². The molecule has 1 aromatic rings. The van der Waals surface area contributed by atoms with E-state index >= 15 is 0 Å². The van der Waals surface area contributed by atoms with Gasteiger partial charge in [-0.1, -0.05) is 0 Å². The second-order valence-corrected chi connectivity index (χ2v) is 4.54. The van der Waals surface area contributed by atoms with Gasteiger partial charge in [0.1, 0.15) is 6.07 Å². The molecule has 0 aliphatic carbocycles. The maximum atomic E-state index is 8.93. The van der Waals surface area contributed by atoms with Crippen LogP contribution in [0, 0.1) is 52.2 Å². The first-order chi connectivity index (χ1) is 8.12. The van der Waals surface area contributed by atoms with Gasteiger partial charge in [-0.25, -0.2) is 0 Å². The highest BCUT2D eigenvalue weighted by molar-refractivity contribution is 7.12. The maximum Gasteiger partial charge on any atom is 0.175 e. The highest BCUT2D eigenvalue weighted by Gasteiger charge is 2.17. The lowest BCUT2D eigenvalue weighted by atomic mass is 9.99. The molecule has 0 aliphatic heterocycles. The Kier molecular flexibility index (Phi) is 4.17. The molecular formula is C12H8N4S. The highest BCUT2D eigenvalue weighted by atomic mass is 32.1. The molecule has 1 heterocycles. The first kappa shape index (κ1) is 12.6. The summed E-state index contributed by atoms with van der Waals surface area (Å²) < 4.78 is 0. The van der Waals surface area contributed by atoms with Gasteiger partial charge in [0, 0.05) is 9.75 Å². The summed E-state index contributed by atoms with van der Waals surface area (Å²) in [6.45, 7) is 1.94. The second kappa shape index (κ2) is 5.61. The Morgan fingerprint density at radius 1 is 1.35 bits per heavy atom. The molecule has 0 saturated heterocycles. The molecule has 4 nitrogen and oxygen atoms in total. The first-order valence-electron chi connectivity index (χ1n) is 4.68. The summed E-state index contributed by atoms with van der Waals surface area (Å²) in [6, 6.07) is 8.95. The van der Waals surface area contributed by atoms with E-state index in [0.717, 1.165) is 9.75 Å². The summed E-state index contributed by atoms with van der Waals surface area (Å²) >= 11 is 1.49. The summed E-state index contributed by atoms with van der Waals surface area (Å²) in [5.41, 5.74) is -0.191. The van der Waals surface area contributed by atoms with Crippen LogP contribution in [-0.4, -0.2) is 5.71 Å². The van der Waals surface area contributed by atoms with Crippen LogP contribution in [0.2, 0.25) is 0 Å². The van der Waals surface area contributed by atoms with Crippen molar-refractivity contribution in [2.45, 2.75) is 6.92 Å². The van der Waals surface area contributed by atoms with Gasteiger partial charge in [-0.05, 0) is 25.1 Å². The summed E-state index contributed by atoms with van der Waals surface area (Å²) in [5, 5.41) is 33.9. The third-order valence-electron chi connectivity index (χ3n) is 2.01. The Bertz CT molecular complexity index is 575. The fraction of sp³-hybridized carbons (Fsp3) is 0.167. The zero-order valence-corrected chi connectivity index (χ0v) is 9.88. The number of nitriles is 3. The Balaban J connectivity index is 3.07. The first-order valence-corrected chi connectivity index (χ1v) is 5.50. The van der Waals surface area contributed by atoms with E-state index in [2.05, 4.69) is 0 Å². The molecule has 1 N–H and O–H groups in total.